The number of carbonyl (C=O) groups excluding carboxylic acids is 1. The second-order valence-electron chi connectivity index (χ2n) is 6.56. The standard InChI is InChI=1S/C21H20ClN3O3/c22-16-6-4-15(5-7-16)20-13-18(24-28-20)14-21(26)23-17-2-1-3-19(12-17)25-8-10-27-11-9-25/h1-7,12-13H,8-11,14H2,(H,23,26). The lowest BCUT2D eigenvalue weighted by Crippen LogP contribution is -2.36. The fourth-order valence-corrected chi connectivity index (χ4v) is 3.24. The third-order valence-corrected chi connectivity index (χ3v) is 4.79. The Labute approximate surface area is 168 Å². The van der Waals surface area contributed by atoms with Crippen LogP contribution in [-0.2, 0) is 16.0 Å². The van der Waals surface area contributed by atoms with Gasteiger partial charge in [-0.1, -0.05) is 22.8 Å². The highest BCUT2D eigenvalue weighted by atomic mass is 35.5. The quantitative estimate of drug-likeness (QED) is 0.704. The van der Waals surface area contributed by atoms with Gasteiger partial charge in [0.25, 0.3) is 0 Å². The first-order chi connectivity index (χ1) is 13.7. The van der Waals surface area contributed by atoms with Gasteiger partial charge in [-0.25, -0.2) is 0 Å². The molecule has 1 amide bonds. The van der Waals surface area contributed by atoms with Crippen LogP contribution in [0, 0.1) is 0 Å². The molecule has 144 valence electrons. The van der Waals surface area contributed by atoms with Gasteiger partial charge >= 0.3 is 0 Å². The second-order valence-corrected chi connectivity index (χ2v) is 7.00. The molecule has 0 spiro atoms. The molecule has 2 aromatic carbocycles. The van der Waals surface area contributed by atoms with Crippen molar-refractivity contribution in [3.8, 4) is 11.3 Å². The zero-order valence-corrected chi connectivity index (χ0v) is 16.0. The summed E-state index contributed by atoms with van der Waals surface area (Å²) in [5, 5.41) is 7.58. The molecule has 28 heavy (non-hydrogen) atoms. The van der Waals surface area contributed by atoms with Gasteiger partial charge in [-0.2, -0.15) is 0 Å². The Balaban J connectivity index is 1.39. The topological polar surface area (TPSA) is 67.6 Å². The van der Waals surface area contributed by atoms with E-state index in [0.29, 0.717) is 16.5 Å². The van der Waals surface area contributed by atoms with Crippen LogP contribution < -0.4 is 10.2 Å². The SMILES string of the molecule is O=C(Cc1cc(-c2ccc(Cl)cc2)on1)Nc1cccc(N2CCOCC2)c1. The van der Waals surface area contributed by atoms with Crippen LogP contribution in [0.4, 0.5) is 11.4 Å². The first-order valence-corrected chi connectivity index (χ1v) is 9.49. The minimum atomic E-state index is -0.143. The Kier molecular flexibility index (Phi) is 5.60. The lowest BCUT2D eigenvalue weighted by molar-refractivity contribution is -0.115. The molecule has 0 aliphatic carbocycles. The Bertz CT molecular complexity index is 950. The van der Waals surface area contributed by atoms with Crippen LogP contribution in [0.3, 0.4) is 0 Å². The van der Waals surface area contributed by atoms with Crippen LogP contribution in [0.25, 0.3) is 11.3 Å². The van der Waals surface area contributed by atoms with E-state index in [1.807, 2.05) is 36.4 Å². The largest absolute Gasteiger partial charge is 0.378 e. The van der Waals surface area contributed by atoms with E-state index < -0.39 is 0 Å². The number of anilines is 2. The second kappa shape index (κ2) is 8.46. The number of rotatable bonds is 5. The molecule has 1 saturated heterocycles. The number of hydrogen-bond acceptors (Lipinski definition) is 5. The van der Waals surface area contributed by atoms with E-state index >= 15 is 0 Å². The summed E-state index contributed by atoms with van der Waals surface area (Å²) in [7, 11) is 0. The van der Waals surface area contributed by atoms with Gasteiger partial charge in [0, 0.05) is 41.1 Å². The van der Waals surface area contributed by atoms with Gasteiger partial charge in [0.05, 0.1) is 25.3 Å². The zero-order chi connectivity index (χ0) is 19.3. The summed E-state index contributed by atoms with van der Waals surface area (Å²) in [5.41, 5.74) is 3.27. The van der Waals surface area contributed by atoms with Crippen LogP contribution in [0.5, 0.6) is 0 Å². The van der Waals surface area contributed by atoms with Crippen LogP contribution >= 0.6 is 11.6 Å². The minimum absolute atomic E-state index is 0.138. The van der Waals surface area contributed by atoms with Crippen molar-refractivity contribution in [1.82, 2.24) is 5.16 Å². The number of hydrogen-bond donors (Lipinski definition) is 1. The van der Waals surface area contributed by atoms with Crippen molar-refractivity contribution in [3.05, 3.63) is 65.3 Å². The number of nitrogens with zero attached hydrogens (tertiary/aromatic N) is 2. The van der Waals surface area contributed by atoms with Gasteiger partial charge in [0.15, 0.2) is 5.76 Å². The number of amides is 1. The van der Waals surface area contributed by atoms with E-state index in [9.17, 15) is 4.79 Å². The summed E-state index contributed by atoms with van der Waals surface area (Å²) in [5.74, 6) is 0.462. The Morgan fingerprint density at radius 2 is 1.89 bits per heavy atom. The maximum absolute atomic E-state index is 12.4. The highest BCUT2D eigenvalue weighted by Gasteiger charge is 2.14. The Morgan fingerprint density at radius 3 is 2.68 bits per heavy atom. The fourth-order valence-electron chi connectivity index (χ4n) is 3.12. The van der Waals surface area contributed by atoms with Gasteiger partial charge in [-0.05, 0) is 42.5 Å². The lowest BCUT2D eigenvalue weighted by atomic mass is 10.1. The molecule has 1 fully saturated rings. The monoisotopic (exact) mass is 397 g/mol. The third kappa shape index (κ3) is 4.52. The first kappa shape index (κ1) is 18.5. The molecular formula is C21H20ClN3O3. The number of aromatic nitrogens is 1. The molecule has 1 N–H and O–H groups in total. The van der Waals surface area contributed by atoms with Crippen molar-refractivity contribution in [1.29, 1.82) is 0 Å². The van der Waals surface area contributed by atoms with E-state index in [4.69, 9.17) is 20.9 Å². The van der Waals surface area contributed by atoms with E-state index in [1.54, 1.807) is 18.2 Å². The number of ether oxygens (including phenoxy) is 1. The zero-order valence-electron chi connectivity index (χ0n) is 15.2. The van der Waals surface area contributed by atoms with Crippen molar-refractivity contribution in [2.45, 2.75) is 6.42 Å². The van der Waals surface area contributed by atoms with Crippen LogP contribution in [0.15, 0.2) is 59.1 Å². The van der Waals surface area contributed by atoms with Gasteiger partial charge in [-0.3, -0.25) is 4.79 Å². The molecule has 0 unspecified atom stereocenters. The van der Waals surface area contributed by atoms with E-state index in [0.717, 1.165) is 43.2 Å². The van der Waals surface area contributed by atoms with Gasteiger partial charge in [-0.15, -0.1) is 0 Å². The van der Waals surface area contributed by atoms with Crippen LogP contribution in [-0.4, -0.2) is 37.4 Å². The molecule has 0 bridgehead atoms. The highest BCUT2D eigenvalue weighted by molar-refractivity contribution is 6.30. The molecule has 0 saturated carbocycles. The first-order valence-electron chi connectivity index (χ1n) is 9.11. The van der Waals surface area contributed by atoms with Gasteiger partial charge in [0.2, 0.25) is 5.91 Å². The van der Waals surface area contributed by atoms with E-state index in [2.05, 4.69) is 15.4 Å². The van der Waals surface area contributed by atoms with Crippen molar-refractivity contribution in [3.63, 3.8) is 0 Å². The molecule has 7 heteroatoms. The molecule has 4 rings (SSSR count). The molecule has 2 heterocycles. The average molecular weight is 398 g/mol. The summed E-state index contributed by atoms with van der Waals surface area (Å²) >= 11 is 5.90. The summed E-state index contributed by atoms with van der Waals surface area (Å²) < 4.78 is 10.7. The number of nitrogens with one attached hydrogen (secondary N) is 1. The highest BCUT2D eigenvalue weighted by Crippen LogP contribution is 2.23. The summed E-state index contributed by atoms with van der Waals surface area (Å²) in [6, 6.07) is 16.9. The maximum atomic E-state index is 12.4. The molecular weight excluding hydrogens is 378 g/mol. The molecule has 1 aromatic heterocycles. The number of carbonyl (C=O) groups is 1. The molecule has 1 aliphatic rings. The van der Waals surface area contributed by atoms with E-state index in [1.165, 1.54) is 0 Å². The van der Waals surface area contributed by atoms with Gasteiger partial charge < -0.3 is 19.5 Å². The smallest absolute Gasteiger partial charge is 0.230 e. The predicted molar refractivity (Wildman–Crippen MR) is 109 cm³/mol. The molecule has 3 aromatic rings. The molecule has 0 radical (unpaired) electrons. The summed E-state index contributed by atoms with van der Waals surface area (Å²) in [6.45, 7) is 3.14. The Hall–Kier alpha value is -2.83. The van der Waals surface area contributed by atoms with Crippen molar-refractivity contribution in [2.75, 3.05) is 36.5 Å². The lowest BCUT2D eigenvalue weighted by Gasteiger charge is -2.29. The number of morpholine rings is 1. The summed E-state index contributed by atoms with van der Waals surface area (Å²) in [4.78, 5) is 14.7. The molecule has 1 aliphatic heterocycles. The average Bonchev–Trinajstić information content (AvgIpc) is 3.17. The van der Waals surface area contributed by atoms with Crippen molar-refractivity contribution >= 4 is 28.9 Å². The third-order valence-electron chi connectivity index (χ3n) is 4.54. The number of benzene rings is 2. The normalized spacial score (nSPS) is 14.1. The van der Waals surface area contributed by atoms with Crippen LogP contribution in [0.1, 0.15) is 5.69 Å². The maximum Gasteiger partial charge on any atom is 0.230 e. The summed E-state index contributed by atoms with van der Waals surface area (Å²) in [6.07, 6.45) is 0.138. The van der Waals surface area contributed by atoms with E-state index in [-0.39, 0.29) is 12.3 Å². The number of halogens is 1. The van der Waals surface area contributed by atoms with Crippen LogP contribution in [0.2, 0.25) is 5.02 Å². The predicted octanol–water partition coefficient (Wildman–Crippen LogP) is 4.01. The van der Waals surface area contributed by atoms with Crippen molar-refractivity contribution < 1.29 is 14.1 Å². The van der Waals surface area contributed by atoms with Gasteiger partial charge in [0.1, 0.15) is 0 Å². The minimum Gasteiger partial charge on any atom is -0.378 e. The Morgan fingerprint density at radius 1 is 1.11 bits per heavy atom. The van der Waals surface area contributed by atoms with Crippen molar-refractivity contribution in [2.24, 2.45) is 0 Å². The molecule has 0 atom stereocenters. The fraction of sp³-hybridized carbons (Fsp3) is 0.238. The molecule has 6 nitrogen and oxygen atoms in total.